The van der Waals surface area contributed by atoms with Crippen LogP contribution in [-0.2, 0) is 0 Å². The Balaban J connectivity index is 2.84. The number of hydrogen-bond acceptors (Lipinski definition) is 3. The van der Waals surface area contributed by atoms with Gasteiger partial charge in [0.1, 0.15) is 5.75 Å². The van der Waals surface area contributed by atoms with Gasteiger partial charge in [-0.2, -0.15) is 0 Å². The van der Waals surface area contributed by atoms with E-state index in [-0.39, 0.29) is 0 Å². The summed E-state index contributed by atoms with van der Waals surface area (Å²) in [5, 5.41) is 20.5. The Morgan fingerprint density at radius 3 is 2.50 bits per heavy atom. The number of rotatable bonds is 2. The number of fused-ring (bicyclic) bond motifs is 1. The molecule has 0 aliphatic rings. The third kappa shape index (κ3) is 1.82. The summed E-state index contributed by atoms with van der Waals surface area (Å²) < 4.78 is 6.03. The van der Waals surface area contributed by atoms with Crippen molar-refractivity contribution >= 4 is 39.3 Å². The number of halogens is 1. The highest BCUT2D eigenvalue weighted by Gasteiger charge is 2.20. The van der Waals surface area contributed by atoms with E-state index < -0.39 is 7.12 Å². The fourth-order valence-corrected chi connectivity index (χ4v) is 2.27. The fraction of sp³-hybridized carbons (Fsp3) is 0.0909. The Hall–Kier alpha value is -1.04. The van der Waals surface area contributed by atoms with Crippen molar-refractivity contribution < 1.29 is 14.8 Å². The van der Waals surface area contributed by atoms with Gasteiger partial charge in [-0.05, 0) is 29.0 Å². The summed E-state index contributed by atoms with van der Waals surface area (Å²) in [7, 11) is -0.0432. The van der Waals surface area contributed by atoms with Crippen LogP contribution in [0.15, 0.2) is 34.8 Å². The van der Waals surface area contributed by atoms with E-state index in [2.05, 4.69) is 15.9 Å². The zero-order chi connectivity index (χ0) is 11.7. The van der Waals surface area contributed by atoms with Gasteiger partial charge in [-0.25, -0.2) is 0 Å². The Labute approximate surface area is 102 Å². The molecule has 2 aromatic rings. The lowest BCUT2D eigenvalue weighted by molar-refractivity contribution is 0.404. The zero-order valence-corrected chi connectivity index (χ0v) is 10.2. The van der Waals surface area contributed by atoms with Gasteiger partial charge in [0.25, 0.3) is 0 Å². The van der Waals surface area contributed by atoms with E-state index in [1.54, 1.807) is 6.07 Å². The minimum Gasteiger partial charge on any atom is -0.497 e. The molecule has 0 spiro atoms. The second kappa shape index (κ2) is 4.45. The first kappa shape index (κ1) is 11.5. The number of benzene rings is 2. The molecule has 0 aromatic heterocycles. The highest BCUT2D eigenvalue weighted by atomic mass is 79.9. The van der Waals surface area contributed by atoms with E-state index in [9.17, 15) is 10.0 Å². The summed E-state index contributed by atoms with van der Waals surface area (Å²) >= 11 is 3.42. The predicted molar refractivity (Wildman–Crippen MR) is 68.0 cm³/mol. The maximum Gasteiger partial charge on any atom is 0.492 e. The minimum atomic E-state index is -1.55. The van der Waals surface area contributed by atoms with Crippen molar-refractivity contribution in [1.29, 1.82) is 0 Å². The molecule has 0 bridgehead atoms. The van der Waals surface area contributed by atoms with Crippen LogP contribution in [0.3, 0.4) is 0 Å². The standard InChI is InChI=1S/C11H10BBrO3/c1-16-10-6-5-7-8(11(10)12(14)15)3-2-4-9(7)13/h2-6,14-15H,1H3. The van der Waals surface area contributed by atoms with Crippen LogP contribution < -0.4 is 10.2 Å². The van der Waals surface area contributed by atoms with Gasteiger partial charge in [-0.3, -0.25) is 0 Å². The van der Waals surface area contributed by atoms with E-state index >= 15 is 0 Å². The zero-order valence-electron chi connectivity index (χ0n) is 8.64. The number of methoxy groups -OCH3 is 1. The topological polar surface area (TPSA) is 49.7 Å². The lowest BCUT2D eigenvalue weighted by Gasteiger charge is -2.11. The van der Waals surface area contributed by atoms with Crippen LogP contribution >= 0.6 is 15.9 Å². The van der Waals surface area contributed by atoms with Crippen molar-refractivity contribution in [2.45, 2.75) is 0 Å². The molecule has 0 heterocycles. The molecule has 5 heteroatoms. The van der Waals surface area contributed by atoms with Gasteiger partial charge in [0.15, 0.2) is 0 Å². The predicted octanol–water partition coefficient (Wildman–Crippen LogP) is 1.29. The van der Waals surface area contributed by atoms with Crippen LogP contribution in [0.1, 0.15) is 0 Å². The van der Waals surface area contributed by atoms with Crippen molar-refractivity contribution in [2.24, 2.45) is 0 Å². The van der Waals surface area contributed by atoms with Gasteiger partial charge in [0, 0.05) is 9.94 Å². The molecule has 0 saturated carbocycles. The molecule has 0 saturated heterocycles. The van der Waals surface area contributed by atoms with Crippen molar-refractivity contribution in [1.82, 2.24) is 0 Å². The maximum atomic E-state index is 9.38. The van der Waals surface area contributed by atoms with Gasteiger partial charge in [-0.15, -0.1) is 0 Å². The lowest BCUT2D eigenvalue weighted by atomic mass is 9.76. The molecule has 0 radical (unpaired) electrons. The van der Waals surface area contributed by atoms with Crippen molar-refractivity contribution in [3.63, 3.8) is 0 Å². The molecular formula is C11H10BBrO3. The Morgan fingerprint density at radius 1 is 1.12 bits per heavy atom. The van der Waals surface area contributed by atoms with Crippen LogP contribution in [0, 0.1) is 0 Å². The third-order valence-electron chi connectivity index (χ3n) is 2.49. The highest BCUT2D eigenvalue weighted by molar-refractivity contribution is 9.10. The van der Waals surface area contributed by atoms with E-state index in [0.717, 1.165) is 15.2 Å². The maximum absolute atomic E-state index is 9.38. The molecule has 0 atom stereocenters. The van der Waals surface area contributed by atoms with Crippen LogP contribution in [0.25, 0.3) is 10.8 Å². The normalized spacial score (nSPS) is 10.5. The molecular weight excluding hydrogens is 271 g/mol. The molecule has 0 aliphatic carbocycles. The minimum absolute atomic E-state index is 0.390. The summed E-state index contributed by atoms with van der Waals surface area (Å²) in [4.78, 5) is 0. The monoisotopic (exact) mass is 280 g/mol. The second-order valence-corrected chi connectivity index (χ2v) is 4.24. The molecule has 0 unspecified atom stereocenters. The van der Waals surface area contributed by atoms with Gasteiger partial charge in [0.05, 0.1) is 7.11 Å². The SMILES string of the molecule is COc1ccc2c(Br)cccc2c1B(O)O. The number of hydrogen-bond donors (Lipinski definition) is 2. The van der Waals surface area contributed by atoms with Crippen LogP contribution in [0.4, 0.5) is 0 Å². The smallest absolute Gasteiger partial charge is 0.492 e. The van der Waals surface area contributed by atoms with Crippen molar-refractivity contribution in [2.75, 3.05) is 7.11 Å². The summed E-state index contributed by atoms with van der Waals surface area (Å²) in [5.41, 5.74) is 0.390. The molecule has 0 aliphatic heterocycles. The molecule has 3 nitrogen and oxygen atoms in total. The first-order valence-electron chi connectivity index (χ1n) is 4.76. The largest absolute Gasteiger partial charge is 0.497 e. The quantitative estimate of drug-likeness (QED) is 0.815. The summed E-state index contributed by atoms with van der Waals surface area (Å²) in [5.74, 6) is 0.473. The molecule has 16 heavy (non-hydrogen) atoms. The third-order valence-corrected chi connectivity index (χ3v) is 3.18. The average molecular weight is 281 g/mol. The first-order valence-corrected chi connectivity index (χ1v) is 5.55. The van der Waals surface area contributed by atoms with Crippen LogP contribution in [0.2, 0.25) is 0 Å². The second-order valence-electron chi connectivity index (χ2n) is 3.39. The highest BCUT2D eigenvalue weighted by Crippen LogP contribution is 2.25. The van der Waals surface area contributed by atoms with Gasteiger partial charge in [0.2, 0.25) is 0 Å². The average Bonchev–Trinajstić information content (AvgIpc) is 2.27. The van der Waals surface area contributed by atoms with Gasteiger partial charge in [-0.1, -0.05) is 28.1 Å². The van der Waals surface area contributed by atoms with E-state index in [0.29, 0.717) is 11.2 Å². The van der Waals surface area contributed by atoms with Gasteiger partial charge >= 0.3 is 7.12 Å². The van der Waals surface area contributed by atoms with Gasteiger partial charge < -0.3 is 14.8 Å². The summed E-state index contributed by atoms with van der Waals surface area (Å²) in [6.07, 6.45) is 0. The van der Waals surface area contributed by atoms with E-state index in [4.69, 9.17) is 4.74 Å². The molecule has 0 amide bonds. The Kier molecular flexibility index (Phi) is 3.19. The van der Waals surface area contributed by atoms with E-state index in [1.165, 1.54) is 7.11 Å². The van der Waals surface area contributed by atoms with Crippen molar-refractivity contribution in [3.05, 3.63) is 34.8 Å². The fourth-order valence-electron chi connectivity index (χ4n) is 1.77. The van der Waals surface area contributed by atoms with E-state index in [1.807, 2.05) is 24.3 Å². The molecule has 2 aromatic carbocycles. The Bertz CT molecular complexity index is 528. The molecule has 0 fully saturated rings. The lowest BCUT2D eigenvalue weighted by Crippen LogP contribution is -2.32. The van der Waals surface area contributed by atoms with Crippen molar-refractivity contribution in [3.8, 4) is 5.75 Å². The number of ether oxygens (including phenoxy) is 1. The van der Waals surface area contributed by atoms with Crippen LogP contribution in [-0.4, -0.2) is 24.3 Å². The molecule has 2 N–H and O–H groups in total. The summed E-state index contributed by atoms with van der Waals surface area (Å²) in [6, 6.07) is 9.18. The molecule has 2 rings (SSSR count). The van der Waals surface area contributed by atoms with Crippen LogP contribution in [0.5, 0.6) is 5.75 Å². The molecule has 82 valence electrons. The first-order chi connectivity index (χ1) is 7.65. The Morgan fingerprint density at radius 2 is 1.88 bits per heavy atom. The summed E-state index contributed by atoms with van der Waals surface area (Å²) in [6.45, 7) is 0.